The fraction of sp³-hybridized carbons (Fsp3) is 0.464. The van der Waals surface area contributed by atoms with Crippen molar-refractivity contribution in [2.75, 3.05) is 32.8 Å². The number of thioether (sulfide) groups is 1. The fourth-order valence-electron chi connectivity index (χ4n) is 5.03. The molecule has 2 fully saturated rings. The first kappa shape index (κ1) is 27.5. The third kappa shape index (κ3) is 6.15. The minimum atomic E-state index is -3.90. The number of nitrogens with zero attached hydrogens (tertiary/aromatic N) is 2. The number of likely N-dealkylation sites (tertiary alicyclic amines) is 1. The topological polar surface area (TPSA) is 87.2 Å². The molecule has 2 aromatic rings. The molecule has 1 spiro atoms. The maximum atomic E-state index is 13.8. The van der Waals surface area contributed by atoms with E-state index in [9.17, 15) is 18.3 Å². The lowest BCUT2D eigenvalue weighted by Crippen LogP contribution is -2.62. The number of carbonyl (C=O) groups is 1. The summed E-state index contributed by atoms with van der Waals surface area (Å²) in [6.45, 7) is 6.46. The molecule has 9 heteroatoms. The van der Waals surface area contributed by atoms with Crippen molar-refractivity contribution < 1.29 is 23.1 Å². The van der Waals surface area contributed by atoms with Crippen LogP contribution in [0.25, 0.3) is 0 Å². The van der Waals surface area contributed by atoms with Gasteiger partial charge in [0.1, 0.15) is 17.1 Å². The Morgan fingerprint density at radius 3 is 2.35 bits per heavy atom. The Hall–Kier alpha value is -2.51. The summed E-state index contributed by atoms with van der Waals surface area (Å²) in [6.07, 6.45) is 1.81. The quantitative estimate of drug-likeness (QED) is 0.503. The monoisotopic (exact) mass is 542 g/mol. The van der Waals surface area contributed by atoms with Crippen LogP contribution in [0.2, 0.25) is 0 Å². The van der Waals surface area contributed by atoms with Crippen molar-refractivity contribution in [3.05, 3.63) is 60.2 Å². The molecule has 0 radical (unpaired) electrons. The van der Waals surface area contributed by atoms with E-state index in [1.54, 1.807) is 19.1 Å². The number of sulfonamides is 1. The molecule has 37 heavy (non-hydrogen) atoms. The zero-order valence-electron chi connectivity index (χ0n) is 21.4. The normalized spacial score (nSPS) is 22.2. The smallest absolute Gasteiger partial charge is 0.321 e. The fourth-order valence-corrected chi connectivity index (χ4v) is 8.66. The van der Waals surface area contributed by atoms with Gasteiger partial charge in [-0.15, -0.1) is 17.7 Å². The van der Waals surface area contributed by atoms with Crippen LogP contribution >= 0.6 is 11.8 Å². The van der Waals surface area contributed by atoms with Crippen molar-refractivity contribution in [3.63, 3.8) is 0 Å². The summed E-state index contributed by atoms with van der Waals surface area (Å²) in [5.74, 6) is 5.14. The van der Waals surface area contributed by atoms with Crippen LogP contribution in [-0.4, -0.2) is 71.0 Å². The molecule has 1 unspecified atom stereocenters. The number of piperidine rings is 1. The molecule has 2 saturated heterocycles. The molecule has 2 aliphatic heterocycles. The van der Waals surface area contributed by atoms with Gasteiger partial charge in [0.25, 0.3) is 0 Å². The average Bonchev–Trinajstić information content (AvgIpc) is 2.91. The second kappa shape index (κ2) is 11.5. The van der Waals surface area contributed by atoms with E-state index < -0.39 is 25.5 Å². The average molecular weight is 543 g/mol. The summed E-state index contributed by atoms with van der Waals surface area (Å²) in [7, 11) is -3.90. The summed E-state index contributed by atoms with van der Waals surface area (Å²) in [5.41, 5.74) is 1.24. The predicted octanol–water partition coefficient (Wildman–Crippen LogP) is 4.09. The van der Waals surface area contributed by atoms with Crippen LogP contribution in [0.1, 0.15) is 38.7 Å². The van der Waals surface area contributed by atoms with E-state index in [1.165, 1.54) is 33.8 Å². The Labute approximate surface area is 224 Å². The Balaban J connectivity index is 1.55. The molecule has 1 atom stereocenters. The van der Waals surface area contributed by atoms with E-state index >= 15 is 0 Å². The summed E-state index contributed by atoms with van der Waals surface area (Å²) < 4.78 is 32.8. The van der Waals surface area contributed by atoms with Gasteiger partial charge in [-0.25, -0.2) is 8.42 Å². The Bertz CT molecular complexity index is 1250. The molecule has 0 amide bonds. The Morgan fingerprint density at radius 1 is 1.08 bits per heavy atom. The van der Waals surface area contributed by atoms with Gasteiger partial charge in [0.2, 0.25) is 10.0 Å². The zero-order valence-corrected chi connectivity index (χ0v) is 23.0. The van der Waals surface area contributed by atoms with Crippen LogP contribution in [0.5, 0.6) is 5.75 Å². The van der Waals surface area contributed by atoms with E-state index in [0.29, 0.717) is 18.7 Å². The molecular weight excluding hydrogens is 508 g/mol. The summed E-state index contributed by atoms with van der Waals surface area (Å²) in [5, 5.41) is 10.3. The van der Waals surface area contributed by atoms with Crippen LogP contribution in [0.3, 0.4) is 0 Å². The molecule has 1 N–H and O–H groups in total. The standard InChI is InChI=1S/C28H34N2O5S2/c1-3-5-19-35-24-11-13-25(14-12-24)37(33,34)30-21-27(36-28(4-2,22-30)26(31)32)15-17-29(18-16-27)20-23-9-7-6-8-10-23/h6-14H,4,15-22H2,1-2H3,(H,31,32). The van der Waals surface area contributed by atoms with Crippen LogP contribution in [0.15, 0.2) is 59.5 Å². The second-order valence-electron chi connectivity index (χ2n) is 9.66. The molecule has 0 aromatic heterocycles. The highest BCUT2D eigenvalue weighted by atomic mass is 32.2. The van der Waals surface area contributed by atoms with Gasteiger partial charge in [0.15, 0.2) is 0 Å². The van der Waals surface area contributed by atoms with Gasteiger partial charge >= 0.3 is 5.97 Å². The largest absolute Gasteiger partial charge is 0.481 e. The number of carboxylic acids is 1. The van der Waals surface area contributed by atoms with Crippen LogP contribution < -0.4 is 4.74 Å². The van der Waals surface area contributed by atoms with Crippen molar-refractivity contribution >= 4 is 27.8 Å². The van der Waals surface area contributed by atoms with Gasteiger partial charge in [0, 0.05) is 24.4 Å². The number of carboxylic acid groups (broad SMARTS) is 1. The molecule has 2 aromatic carbocycles. The SMILES string of the molecule is CC#CCOc1ccc(S(=O)(=O)N2CC3(CCN(Cc4ccccc4)CC3)SC(CC)(C(=O)O)C2)cc1. The van der Waals surface area contributed by atoms with Crippen molar-refractivity contribution in [2.45, 2.75) is 54.0 Å². The number of aliphatic carboxylic acids is 1. The molecule has 198 valence electrons. The highest BCUT2D eigenvalue weighted by Crippen LogP contribution is 2.50. The predicted molar refractivity (Wildman–Crippen MR) is 146 cm³/mol. The van der Waals surface area contributed by atoms with Crippen molar-refractivity contribution in [1.82, 2.24) is 9.21 Å². The molecule has 0 aliphatic carbocycles. The third-order valence-corrected chi connectivity index (χ3v) is 11.0. The Kier molecular flexibility index (Phi) is 8.54. The molecule has 0 saturated carbocycles. The number of rotatable bonds is 8. The first-order valence-electron chi connectivity index (χ1n) is 12.5. The van der Waals surface area contributed by atoms with E-state index in [1.807, 2.05) is 25.1 Å². The van der Waals surface area contributed by atoms with Gasteiger partial charge in [-0.1, -0.05) is 43.2 Å². The van der Waals surface area contributed by atoms with Crippen molar-refractivity contribution in [1.29, 1.82) is 0 Å². The maximum Gasteiger partial charge on any atom is 0.321 e. The number of hydrogen-bond acceptors (Lipinski definition) is 6. The second-order valence-corrected chi connectivity index (χ2v) is 13.4. The van der Waals surface area contributed by atoms with E-state index in [4.69, 9.17) is 4.74 Å². The lowest BCUT2D eigenvalue weighted by molar-refractivity contribution is -0.140. The zero-order chi connectivity index (χ0) is 26.5. The van der Waals surface area contributed by atoms with Crippen molar-refractivity contribution in [2.24, 2.45) is 0 Å². The van der Waals surface area contributed by atoms with Gasteiger partial charge in [-0.2, -0.15) is 4.31 Å². The molecule has 7 nitrogen and oxygen atoms in total. The summed E-state index contributed by atoms with van der Waals surface area (Å²) >= 11 is 1.48. The Morgan fingerprint density at radius 2 is 1.76 bits per heavy atom. The minimum Gasteiger partial charge on any atom is -0.481 e. The van der Waals surface area contributed by atoms with E-state index in [-0.39, 0.29) is 18.0 Å². The minimum absolute atomic E-state index is 0.0499. The van der Waals surface area contributed by atoms with Gasteiger partial charge in [-0.3, -0.25) is 9.69 Å². The van der Waals surface area contributed by atoms with E-state index in [2.05, 4.69) is 28.9 Å². The van der Waals surface area contributed by atoms with Gasteiger partial charge < -0.3 is 9.84 Å². The lowest BCUT2D eigenvalue weighted by Gasteiger charge is -2.52. The maximum absolute atomic E-state index is 13.8. The van der Waals surface area contributed by atoms with Gasteiger partial charge in [0.05, 0.1) is 4.90 Å². The third-order valence-electron chi connectivity index (χ3n) is 7.23. The summed E-state index contributed by atoms with van der Waals surface area (Å²) in [6, 6.07) is 16.5. The highest BCUT2D eigenvalue weighted by Gasteiger charge is 2.55. The van der Waals surface area contributed by atoms with E-state index in [0.717, 1.165) is 32.5 Å². The van der Waals surface area contributed by atoms with Crippen molar-refractivity contribution in [3.8, 4) is 17.6 Å². The first-order valence-corrected chi connectivity index (χ1v) is 14.8. The molecule has 2 heterocycles. The molecule has 0 bridgehead atoms. The molecule has 4 rings (SSSR count). The lowest BCUT2D eigenvalue weighted by atomic mass is 9.93. The van der Waals surface area contributed by atoms with Crippen LogP contribution in [0.4, 0.5) is 0 Å². The van der Waals surface area contributed by atoms with Crippen LogP contribution in [0, 0.1) is 11.8 Å². The molecule has 2 aliphatic rings. The van der Waals surface area contributed by atoms with Gasteiger partial charge in [-0.05, 0) is 69.1 Å². The number of hydrogen-bond donors (Lipinski definition) is 1. The van der Waals surface area contributed by atoms with Crippen LogP contribution in [-0.2, 0) is 21.4 Å². The molecular formula is C28H34N2O5S2. The first-order chi connectivity index (χ1) is 17.7. The number of ether oxygens (including phenoxy) is 1. The summed E-state index contributed by atoms with van der Waals surface area (Å²) in [4.78, 5) is 15.0. The number of benzene rings is 2. The highest BCUT2D eigenvalue weighted by molar-refractivity contribution is 8.03.